The summed E-state index contributed by atoms with van der Waals surface area (Å²) in [6, 6.07) is 4.26. The Labute approximate surface area is 224 Å². The monoisotopic (exact) mass is 616 g/mol. The van der Waals surface area contributed by atoms with Crippen LogP contribution in [0.5, 0.6) is 0 Å². The number of benzene rings is 1. The average molecular weight is 618 g/mol. The number of hydrogen-bond donors (Lipinski definition) is 1. The van der Waals surface area contributed by atoms with Gasteiger partial charge in [0.2, 0.25) is 5.91 Å². The second-order valence-electron chi connectivity index (χ2n) is 8.38. The molecule has 1 N–H and O–H groups in total. The molecule has 1 saturated heterocycles. The highest BCUT2D eigenvalue weighted by atomic mass is 79.9. The number of unbranched alkanes of at least 4 members (excludes halogenated alkanes) is 2. The van der Waals surface area contributed by atoms with Crippen molar-refractivity contribution >= 4 is 49.8 Å². The molecule has 0 aliphatic carbocycles. The summed E-state index contributed by atoms with van der Waals surface area (Å²) in [5.74, 6) is -0.843. The number of alkyl carbamates (subject to hydrolysis) is 1. The average Bonchev–Trinajstić information content (AvgIpc) is 3.26. The van der Waals surface area contributed by atoms with E-state index >= 15 is 0 Å². The molecule has 35 heavy (non-hydrogen) atoms. The molecule has 1 aliphatic rings. The number of carbonyl (C=O) groups is 3. The van der Waals surface area contributed by atoms with Crippen molar-refractivity contribution in [2.24, 2.45) is 0 Å². The van der Waals surface area contributed by atoms with Crippen LogP contribution in [0.25, 0.3) is 0 Å². The number of rotatable bonds is 13. The van der Waals surface area contributed by atoms with E-state index in [2.05, 4.69) is 43.8 Å². The fourth-order valence-corrected chi connectivity index (χ4v) is 5.26. The van der Waals surface area contributed by atoms with E-state index in [-0.39, 0.29) is 25.2 Å². The van der Waals surface area contributed by atoms with Crippen molar-refractivity contribution in [2.75, 3.05) is 20.3 Å². The Morgan fingerprint density at radius 1 is 1.23 bits per heavy atom. The van der Waals surface area contributed by atoms with E-state index in [1.165, 1.54) is 12.0 Å². The predicted molar refractivity (Wildman–Crippen MR) is 140 cm³/mol. The molecule has 0 saturated carbocycles. The molecular formula is C25H34Br2N2O6. The fourth-order valence-electron chi connectivity index (χ4n) is 3.87. The van der Waals surface area contributed by atoms with Gasteiger partial charge in [0, 0.05) is 21.9 Å². The number of esters is 1. The third kappa shape index (κ3) is 9.57. The molecule has 1 fully saturated rings. The molecule has 2 amide bonds. The van der Waals surface area contributed by atoms with Gasteiger partial charge in [-0.1, -0.05) is 57.7 Å². The molecule has 0 spiro atoms. The SMILES string of the molecule is C=CCCCOC(=O)N[C@@H](CCCC)C(=O)N1C[C@H](OCc2cc(Br)cc(Br)c2)C[C@H]1C(=O)OC. The first-order valence-electron chi connectivity index (χ1n) is 11.8. The minimum absolute atomic E-state index is 0.229. The van der Waals surface area contributed by atoms with Gasteiger partial charge in [-0.3, -0.25) is 4.79 Å². The van der Waals surface area contributed by atoms with Crippen LogP contribution in [0.1, 0.15) is 51.0 Å². The molecule has 194 valence electrons. The van der Waals surface area contributed by atoms with Crippen LogP contribution in [0.4, 0.5) is 4.79 Å². The van der Waals surface area contributed by atoms with Crippen LogP contribution >= 0.6 is 31.9 Å². The summed E-state index contributed by atoms with van der Waals surface area (Å²) < 4.78 is 18.0. The molecule has 1 aromatic rings. The number of amides is 2. The van der Waals surface area contributed by atoms with Gasteiger partial charge in [0.05, 0.1) is 26.4 Å². The number of carbonyl (C=O) groups excluding carboxylic acids is 3. The lowest BCUT2D eigenvalue weighted by molar-refractivity contribution is -0.151. The van der Waals surface area contributed by atoms with Gasteiger partial charge >= 0.3 is 12.1 Å². The fraction of sp³-hybridized carbons (Fsp3) is 0.560. The topological polar surface area (TPSA) is 94.2 Å². The minimum Gasteiger partial charge on any atom is -0.467 e. The maximum atomic E-state index is 13.5. The van der Waals surface area contributed by atoms with Crippen LogP contribution < -0.4 is 5.32 Å². The van der Waals surface area contributed by atoms with Gasteiger partial charge in [-0.05, 0) is 43.0 Å². The van der Waals surface area contributed by atoms with Crippen LogP contribution in [0.3, 0.4) is 0 Å². The van der Waals surface area contributed by atoms with Gasteiger partial charge in [-0.15, -0.1) is 6.58 Å². The highest BCUT2D eigenvalue weighted by Crippen LogP contribution is 2.26. The Balaban J connectivity index is 2.07. The molecule has 0 aromatic heterocycles. The molecule has 10 heteroatoms. The van der Waals surface area contributed by atoms with E-state index in [4.69, 9.17) is 14.2 Å². The van der Waals surface area contributed by atoms with Crippen LogP contribution in [0.15, 0.2) is 39.8 Å². The Morgan fingerprint density at radius 3 is 2.57 bits per heavy atom. The Kier molecular flexibility index (Phi) is 12.8. The van der Waals surface area contributed by atoms with E-state index in [0.29, 0.717) is 25.9 Å². The summed E-state index contributed by atoms with van der Waals surface area (Å²) >= 11 is 6.93. The van der Waals surface area contributed by atoms with E-state index in [9.17, 15) is 14.4 Å². The maximum absolute atomic E-state index is 13.5. The quantitative estimate of drug-likeness (QED) is 0.188. The summed E-state index contributed by atoms with van der Waals surface area (Å²) in [6.45, 7) is 6.44. The number of likely N-dealkylation sites (tertiary alicyclic amines) is 1. The van der Waals surface area contributed by atoms with Crippen molar-refractivity contribution in [1.82, 2.24) is 10.2 Å². The number of allylic oxidation sites excluding steroid dienone is 1. The second-order valence-corrected chi connectivity index (χ2v) is 10.2. The smallest absolute Gasteiger partial charge is 0.407 e. The Bertz CT molecular complexity index is 861. The normalized spacial score (nSPS) is 18.1. The standard InChI is InChI=1S/C25H34Br2N2O6/c1-4-6-8-10-34-25(32)28-21(9-7-5-2)23(30)29-15-20(14-22(29)24(31)33-3)35-16-17-11-18(26)13-19(27)12-17/h4,11-13,20-22H,1,5-10,14-16H2,2-3H3,(H,28,32)/t20-,21+,22+/m1/s1. The lowest BCUT2D eigenvalue weighted by Gasteiger charge is -2.27. The van der Waals surface area contributed by atoms with Crippen molar-refractivity contribution < 1.29 is 28.6 Å². The lowest BCUT2D eigenvalue weighted by Crippen LogP contribution is -2.52. The third-order valence-corrected chi connectivity index (χ3v) is 6.57. The zero-order valence-corrected chi connectivity index (χ0v) is 23.4. The highest BCUT2D eigenvalue weighted by molar-refractivity contribution is 9.11. The molecule has 2 rings (SSSR count). The van der Waals surface area contributed by atoms with E-state index in [1.54, 1.807) is 6.08 Å². The molecule has 1 aliphatic heterocycles. The number of halogens is 2. The van der Waals surface area contributed by atoms with Crippen molar-refractivity contribution in [3.63, 3.8) is 0 Å². The molecule has 1 aromatic carbocycles. The van der Waals surface area contributed by atoms with Crippen LogP contribution in [-0.4, -0.2) is 61.3 Å². The van der Waals surface area contributed by atoms with Crippen molar-refractivity contribution in [1.29, 1.82) is 0 Å². The second kappa shape index (κ2) is 15.3. The molecule has 3 atom stereocenters. The minimum atomic E-state index is -0.797. The lowest BCUT2D eigenvalue weighted by atomic mass is 10.1. The summed E-state index contributed by atoms with van der Waals surface area (Å²) in [6.07, 6.45) is 4.51. The number of methoxy groups -OCH3 is 1. The van der Waals surface area contributed by atoms with Crippen LogP contribution in [0, 0.1) is 0 Å². The highest BCUT2D eigenvalue weighted by Gasteiger charge is 2.43. The molecule has 1 heterocycles. The summed E-state index contributed by atoms with van der Waals surface area (Å²) in [7, 11) is 1.30. The third-order valence-electron chi connectivity index (χ3n) is 5.65. The Morgan fingerprint density at radius 2 is 1.94 bits per heavy atom. The summed E-state index contributed by atoms with van der Waals surface area (Å²) in [5.41, 5.74) is 0.951. The van der Waals surface area contributed by atoms with E-state index in [1.807, 2.05) is 25.1 Å². The van der Waals surface area contributed by atoms with Crippen molar-refractivity contribution in [3.8, 4) is 0 Å². The number of hydrogen-bond acceptors (Lipinski definition) is 6. The molecule has 8 nitrogen and oxygen atoms in total. The van der Waals surface area contributed by atoms with Gasteiger partial charge in [0.15, 0.2) is 0 Å². The number of nitrogens with one attached hydrogen (secondary N) is 1. The van der Waals surface area contributed by atoms with Gasteiger partial charge in [-0.2, -0.15) is 0 Å². The van der Waals surface area contributed by atoms with E-state index < -0.39 is 24.1 Å². The summed E-state index contributed by atoms with van der Waals surface area (Å²) in [5, 5.41) is 2.69. The summed E-state index contributed by atoms with van der Waals surface area (Å²) in [4.78, 5) is 39.7. The van der Waals surface area contributed by atoms with Gasteiger partial charge in [0.25, 0.3) is 0 Å². The first kappa shape index (κ1) is 29.3. The van der Waals surface area contributed by atoms with Crippen LogP contribution in [0.2, 0.25) is 0 Å². The maximum Gasteiger partial charge on any atom is 0.407 e. The van der Waals surface area contributed by atoms with Gasteiger partial charge in [0.1, 0.15) is 12.1 Å². The largest absolute Gasteiger partial charge is 0.467 e. The molecule has 0 radical (unpaired) electrons. The zero-order chi connectivity index (χ0) is 25.8. The first-order chi connectivity index (χ1) is 16.8. The van der Waals surface area contributed by atoms with Gasteiger partial charge in [-0.25, -0.2) is 9.59 Å². The van der Waals surface area contributed by atoms with Gasteiger partial charge < -0.3 is 24.4 Å². The van der Waals surface area contributed by atoms with Crippen molar-refractivity contribution in [2.45, 2.75) is 70.2 Å². The van der Waals surface area contributed by atoms with Crippen LogP contribution in [-0.2, 0) is 30.4 Å². The first-order valence-corrected chi connectivity index (χ1v) is 13.4. The number of nitrogens with zero attached hydrogens (tertiary/aromatic N) is 1. The van der Waals surface area contributed by atoms with Crippen molar-refractivity contribution in [3.05, 3.63) is 45.4 Å². The molecule has 0 bridgehead atoms. The Hall–Kier alpha value is -1.91. The number of ether oxygens (including phenoxy) is 3. The molecule has 0 unspecified atom stereocenters. The van der Waals surface area contributed by atoms with E-state index in [0.717, 1.165) is 33.8 Å². The molecular weight excluding hydrogens is 584 g/mol. The predicted octanol–water partition coefficient (Wildman–Crippen LogP) is 5.12. The zero-order valence-electron chi connectivity index (χ0n) is 20.3.